The van der Waals surface area contributed by atoms with Crippen molar-refractivity contribution < 1.29 is 9.59 Å². The minimum atomic E-state index is -0.325. The first-order valence-electron chi connectivity index (χ1n) is 5.84. The fraction of sp³-hybridized carbons (Fsp3) is 0.417. The van der Waals surface area contributed by atoms with Gasteiger partial charge in [0.05, 0.1) is 5.25 Å². The molecular formula is C12H15N3O2S. The Morgan fingerprint density at radius 1 is 1.50 bits per heavy atom. The highest BCUT2D eigenvalue weighted by Crippen LogP contribution is 2.31. The molecule has 2 heterocycles. The summed E-state index contributed by atoms with van der Waals surface area (Å²) in [4.78, 5) is 29.9. The topological polar surface area (TPSA) is 76.3 Å². The number of anilines is 1. The number of nitrogens with zero attached hydrogens (tertiary/aromatic N) is 2. The molecule has 0 aromatic carbocycles. The lowest BCUT2D eigenvalue weighted by molar-refractivity contribution is -0.138. The van der Waals surface area contributed by atoms with Crippen LogP contribution >= 0.6 is 11.8 Å². The van der Waals surface area contributed by atoms with Crippen molar-refractivity contribution in [2.75, 3.05) is 12.3 Å². The molecule has 0 spiro atoms. The van der Waals surface area contributed by atoms with E-state index >= 15 is 0 Å². The van der Waals surface area contributed by atoms with Crippen LogP contribution in [0.4, 0.5) is 5.82 Å². The van der Waals surface area contributed by atoms with Crippen molar-refractivity contribution in [1.29, 1.82) is 0 Å². The maximum atomic E-state index is 12.0. The number of carbonyl (C=O) groups excluding carboxylic acids is 2. The molecule has 2 amide bonds. The monoisotopic (exact) mass is 265 g/mol. The van der Waals surface area contributed by atoms with Gasteiger partial charge in [-0.1, -0.05) is 6.92 Å². The molecule has 0 radical (unpaired) electrons. The summed E-state index contributed by atoms with van der Waals surface area (Å²) in [7, 11) is 0. The van der Waals surface area contributed by atoms with Gasteiger partial charge in [0, 0.05) is 24.1 Å². The summed E-state index contributed by atoms with van der Waals surface area (Å²) >= 11 is 1.37. The van der Waals surface area contributed by atoms with E-state index in [2.05, 4.69) is 4.98 Å². The molecule has 0 saturated carbocycles. The van der Waals surface area contributed by atoms with Crippen molar-refractivity contribution in [3.8, 4) is 0 Å². The van der Waals surface area contributed by atoms with Gasteiger partial charge in [-0.05, 0) is 18.6 Å². The molecule has 18 heavy (non-hydrogen) atoms. The minimum Gasteiger partial charge on any atom is -0.384 e. The largest absolute Gasteiger partial charge is 0.384 e. The average molecular weight is 265 g/mol. The van der Waals surface area contributed by atoms with Gasteiger partial charge in [0.15, 0.2) is 0 Å². The summed E-state index contributed by atoms with van der Waals surface area (Å²) in [5.41, 5.74) is 5.50. The molecule has 1 saturated heterocycles. The number of pyridine rings is 1. The third-order valence-electron chi connectivity index (χ3n) is 2.69. The fourth-order valence-corrected chi connectivity index (χ4v) is 2.87. The Morgan fingerprint density at radius 3 is 2.89 bits per heavy atom. The molecule has 2 rings (SSSR count). The van der Waals surface area contributed by atoms with Crippen LogP contribution in [0, 0.1) is 0 Å². The number of aromatic nitrogens is 1. The lowest BCUT2D eigenvalue weighted by atomic mass is 10.4. The number of likely N-dealkylation sites (tertiary alicyclic amines) is 1. The van der Waals surface area contributed by atoms with E-state index in [9.17, 15) is 9.59 Å². The molecule has 1 aliphatic heterocycles. The highest BCUT2D eigenvalue weighted by molar-refractivity contribution is 8.00. The van der Waals surface area contributed by atoms with Gasteiger partial charge in [0.1, 0.15) is 5.82 Å². The third kappa shape index (κ3) is 2.64. The van der Waals surface area contributed by atoms with E-state index in [1.54, 1.807) is 12.3 Å². The normalized spacial score (nSPS) is 19.6. The first-order valence-corrected chi connectivity index (χ1v) is 6.72. The van der Waals surface area contributed by atoms with Crippen LogP contribution in [0.25, 0.3) is 0 Å². The second-order valence-corrected chi connectivity index (χ2v) is 5.39. The minimum absolute atomic E-state index is 0.0808. The van der Waals surface area contributed by atoms with Gasteiger partial charge >= 0.3 is 0 Å². The van der Waals surface area contributed by atoms with E-state index in [1.807, 2.05) is 13.0 Å². The number of nitrogen functional groups attached to an aromatic ring is 1. The fourth-order valence-electron chi connectivity index (χ4n) is 1.83. The van der Waals surface area contributed by atoms with E-state index in [-0.39, 0.29) is 23.5 Å². The van der Waals surface area contributed by atoms with Crippen molar-refractivity contribution in [3.63, 3.8) is 0 Å². The van der Waals surface area contributed by atoms with Gasteiger partial charge in [-0.25, -0.2) is 4.98 Å². The maximum absolute atomic E-state index is 12.0. The van der Waals surface area contributed by atoms with Crippen LogP contribution in [0.5, 0.6) is 0 Å². The first kappa shape index (κ1) is 12.9. The van der Waals surface area contributed by atoms with E-state index in [0.29, 0.717) is 12.4 Å². The van der Waals surface area contributed by atoms with Crippen LogP contribution < -0.4 is 5.73 Å². The Bertz CT molecular complexity index is 461. The molecule has 0 bridgehead atoms. The van der Waals surface area contributed by atoms with Crippen LogP contribution in [-0.2, 0) is 9.59 Å². The van der Waals surface area contributed by atoms with Crippen molar-refractivity contribution >= 4 is 29.4 Å². The van der Waals surface area contributed by atoms with Crippen molar-refractivity contribution in [1.82, 2.24) is 9.88 Å². The summed E-state index contributed by atoms with van der Waals surface area (Å²) in [5, 5.41) is -0.325. The van der Waals surface area contributed by atoms with Crippen molar-refractivity contribution in [3.05, 3.63) is 18.3 Å². The SMILES string of the molecule is CCCN1C(=O)CC(Sc2ccc(N)nc2)C1=O. The molecule has 6 heteroatoms. The molecule has 2 N–H and O–H groups in total. The zero-order chi connectivity index (χ0) is 13.1. The highest BCUT2D eigenvalue weighted by atomic mass is 32.2. The zero-order valence-electron chi connectivity index (χ0n) is 10.1. The van der Waals surface area contributed by atoms with E-state index in [0.717, 1.165) is 11.3 Å². The first-order chi connectivity index (χ1) is 8.61. The zero-order valence-corrected chi connectivity index (χ0v) is 10.9. The van der Waals surface area contributed by atoms with E-state index in [1.165, 1.54) is 16.7 Å². The van der Waals surface area contributed by atoms with Gasteiger partial charge in [-0.15, -0.1) is 11.8 Å². The summed E-state index contributed by atoms with van der Waals surface area (Å²) in [6.45, 7) is 2.46. The van der Waals surface area contributed by atoms with Crippen molar-refractivity contribution in [2.45, 2.75) is 29.9 Å². The molecule has 5 nitrogen and oxygen atoms in total. The lowest BCUT2D eigenvalue weighted by Gasteiger charge is -2.13. The molecule has 1 aromatic rings. The van der Waals surface area contributed by atoms with Crippen LogP contribution in [0.3, 0.4) is 0 Å². The van der Waals surface area contributed by atoms with E-state index < -0.39 is 0 Å². The molecular weight excluding hydrogens is 250 g/mol. The molecule has 1 aromatic heterocycles. The quantitative estimate of drug-likeness (QED) is 0.830. The number of thioether (sulfide) groups is 1. The Hall–Kier alpha value is -1.56. The summed E-state index contributed by atoms with van der Waals surface area (Å²) in [6.07, 6.45) is 2.69. The lowest BCUT2D eigenvalue weighted by Crippen LogP contribution is -2.31. The molecule has 1 aliphatic rings. The number of rotatable bonds is 4. The molecule has 96 valence electrons. The Morgan fingerprint density at radius 2 is 2.28 bits per heavy atom. The van der Waals surface area contributed by atoms with E-state index in [4.69, 9.17) is 5.73 Å². The third-order valence-corrected chi connectivity index (χ3v) is 3.85. The molecule has 0 aliphatic carbocycles. The molecule has 1 atom stereocenters. The molecule has 1 unspecified atom stereocenters. The van der Waals surface area contributed by atoms with Crippen LogP contribution in [0.1, 0.15) is 19.8 Å². The van der Waals surface area contributed by atoms with Crippen molar-refractivity contribution in [2.24, 2.45) is 0 Å². The van der Waals surface area contributed by atoms with Gasteiger partial charge in [0.2, 0.25) is 11.8 Å². The van der Waals surface area contributed by atoms with Crippen LogP contribution in [-0.4, -0.2) is 33.5 Å². The summed E-state index contributed by atoms with van der Waals surface area (Å²) < 4.78 is 0. The number of amides is 2. The van der Waals surface area contributed by atoms with Gasteiger partial charge < -0.3 is 5.73 Å². The number of imide groups is 1. The second kappa shape index (κ2) is 5.39. The predicted octanol–water partition coefficient (Wildman–Crippen LogP) is 1.29. The number of carbonyl (C=O) groups is 2. The smallest absolute Gasteiger partial charge is 0.243 e. The highest BCUT2D eigenvalue weighted by Gasteiger charge is 2.38. The summed E-state index contributed by atoms with van der Waals surface area (Å²) in [5.74, 6) is 0.271. The van der Waals surface area contributed by atoms with Gasteiger partial charge in [-0.2, -0.15) is 0 Å². The number of hydrogen-bond donors (Lipinski definition) is 1. The van der Waals surface area contributed by atoms with Crippen LogP contribution in [0.2, 0.25) is 0 Å². The standard InChI is InChI=1S/C12H15N3O2S/c1-2-5-15-11(16)6-9(12(15)17)18-8-3-4-10(13)14-7-8/h3-4,7,9H,2,5-6H2,1H3,(H2,13,14). The Kier molecular flexibility index (Phi) is 3.86. The van der Waals surface area contributed by atoms with Gasteiger partial charge in [-0.3, -0.25) is 14.5 Å². The number of hydrogen-bond acceptors (Lipinski definition) is 5. The maximum Gasteiger partial charge on any atom is 0.243 e. The average Bonchev–Trinajstić information content (AvgIpc) is 2.60. The Labute approximate surface area is 110 Å². The van der Waals surface area contributed by atoms with Gasteiger partial charge in [0.25, 0.3) is 0 Å². The van der Waals surface area contributed by atoms with Crippen LogP contribution in [0.15, 0.2) is 23.2 Å². The molecule has 1 fully saturated rings. The summed E-state index contributed by atoms with van der Waals surface area (Å²) in [6, 6.07) is 3.50. The predicted molar refractivity (Wildman–Crippen MR) is 69.9 cm³/mol. The second-order valence-electron chi connectivity index (χ2n) is 4.11. The number of nitrogens with two attached hydrogens (primary N) is 1. The Balaban J connectivity index is 2.05.